The number of alkyl halides is 6. The molecule has 0 radical (unpaired) electrons. The highest BCUT2D eigenvalue weighted by molar-refractivity contribution is 5.95. The zero-order chi connectivity index (χ0) is 30.7. The van der Waals surface area contributed by atoms with Crippen molar-refractivity contribution < 1.29 is 50.1 Å². The third kappa shape index (κ3) is 8.12. The first-order chi connectivity index (χ1) is 19.7. The zero-order valence-electron chi connectivity index (χ0n) is 22.8. The van der Waals surface area contributed by atoms with Crippen LogP contribution in [0.5, 0.6) is 5.75 Å². The molecular formula is C28H32F7N3O4. The summed E-state index contributed by atoms with van der Waals surface area (Å²) in [6.45, 7) is 4.30. The van der Waals surface area contributed by atoms with Gasteiger partial charge in [-0.2, -0.15) is 26.3 Å². The molecule has 232 valence electrons. The molecule has 2 aliphatic rings. The SMILES string of the molecule is COC[C@@H]1CN(CCN2CCN(C(=O)c3cc(C(F)(F)F)cc(C(F)(F)F)c3)[C@H](Cc3ccc(F)c(O)c3)C2)CCO1. The molecule has 0 unspecified atom stereocenters. The van der Waals surface area contributed by atoms with Crippen molar-refractivity contribution in [2.45, 2.75) is 30.9 Å². The second-order valence-electron chi connectivity index (χ2n) is 10.5. The second-order valence-corrected chi connectivity index (χ2v) is 10.5. The molecule has 0 aliphatic carbocycles. The molecule has 0 aromatic heterocycles. The van der Waals surface area contributed by atoms with Crippen LogP contribution in [0.4, 0.5) is 30.7 Å². The van der Waals surface area contributed by atoms with Crippen LogP contribution in [-0.2, 0) is 28.2 Å². The van der Waals surface area contributed by atoms with Gasteiger partial charge in [0.05, 0.1) is 30.4 Å². The summed E-state index contributed by atoms with van der Waals surface area (Å²) in [5.41, 5.74) is -3.42. The summed E-state index contributed by atoms with van der Waals surface area (Å²) in [4.78, 5) is 19.0. The third-order valence-corrected chi connectivity index (χ3v) is 7.45. The Morgan fingerprint density at radius 1 is 0.952 bits per heavy atom. The number of piperazine rings is 1. The van der Waals surface area contributed by atoms with Crippen LogP contribution in [-0.4, -0.2) is 104 Å². The third-order valence-electron chi connectivity index (χ3n) is 7.45. The van der Waals surface area contributed by atoms with E-state index in [0.29, 0.717) is 63.6 Å². The number of benzene rings is 2. The van der Waals surface area contributed by atoms with Gasteiger partial charge in [0.2, 0.25) is 0 Å². The molecule has 2 aliphatic heterocycles. The van der Waals surface area contributed by atoms with E-state index >= 15 is 0 Å². The first-order valence-corrected chi connectivity index (χ1v) is 13.4. The molecule has 2 fully saturated rings. The Labute approximate surface area is 238 Å². The van der Waals surface area contributed by atoms with Gasteiger partial charge in [0, 0.05) is 64.5 Å². The molecule has 2 saturated heterocycles. The molecule has 14 heteroatoms. The number of phenolic OH excluding ortho intramolecular Hbond substituents is 1. The summed E-state index contributed by atoms with van der Waals surface area (Å²) in [6, 6.07) is 3.81. The number of methoxy groups -OCH3 is 1. The van der Waals surface area contributed by atoms with Crippen LogP contribution >= 0.6 is 0 Å². The van der Waals surface area contributed by atoms with Crippen molar-refractivity contribution in [3.63, 3.8) is 0 Å². The number of aromatic hydroxyl groups is 1. The first-order valence-electron chi connectivity index (χ1n) is 13.4. The monoisotopic (exact) mass is 607 g/mol. The van der Waals surface area contributed by atoms with Gasteiger partial charge in [-0.3, -0.25) is 14.6 Å². The van der Waals surface area contributed by atoms with E-state index in [2.05, 4.69) is 9.80 Å². The van der Waals surface area contributed by atoms with Crippen LogP contribution in [0, 0.1) is 5.82 Å². The van der Waals surface area contributed by atoms with Gasteiger partial charge in [0.1, 0.15) is 0 Å². The molecule has 7 nitrogen and oxygen atoms in total. The number of phenols is 1. The van der Waals surface area contributed by atoms with Gasteiger partial charge < -0.3 is 19.5 Å². The summed E-state index contributed by atoms with van der Waals surface area (Å²) >= 11 is 0. The van der Waals surface area contributed by atoms with Crippen molar-refractivity contribution in [3.05, 3.63) is 64.5 Å². The van der Waals surface area contributed by atoms with Crippen LogP contribution in [0.25, 0.3) is 0 Å². The second kappa shape index (κ2) is 13.1. The van der Waals surface area contributed by atoms with Gasteiger partial charge in [-0.15, -0.1) is 0 Å². The standard InChI is InChI=1S/C28H32F7N3O4/c1-41-17-23-16-37(8-9-42-23)5-4-36-6-7-38(22(15-36)10-18-2-3-24(29)25(39)11-18)26(40)19-12-20(27(30,31)32)14-21(13-19)28(33,34)35/h2-3,11-14,22-23,39H,4-10,15-17H2,1H3/t22-,23+/m1/s1. The van der Waals surface area contributed by atoms with Crippen LogP contribution in [0.2, 0.25) is 0 Å². The van der Waals surface area contributed by atoms with Gasteiger partial charge in [0.15, 0.2) is 11.6 Å². The van der Waals surface area contributed by atoms with Crippen molar-refractivity contribution in [2.24, 2.45) is 0 Å². The van der Waals surface area contributed by atoms with E-state index in [1.807, 2.05) is 0 Å². The minimum absolute atomic E-state index is 0.0175. The Morgan fingerprint density at radius 2 is 1.60 bits per heavy atom. The lowest BCUT2D eigenvalue weighted by Crippen LogP contribution is -2.57. The number of ether oxygens (including phenoxy) is 2. The fraction of sp³-hybridized carbons (Fsp3) is 0.536. The molecule has 0 spiro atoms. The fourth-order valence-corrected chi connectivity index (χ4v) is 5.32. The maximum atomic E-state index is 13.7. The van der Waals surface area contributed by atoms with Gasteiger partial charge in [0.25, 0.3) is 5.91 Å². The van der Waals surface area contributed by atoms with Gasteiger partial charge in [-0.25, -0.2) is 4.39 Å². The Hall–Kier alpha value is -2.94. The summed E-state index contributed by atoms with van der Waals surface area (Å²) in [5.74, 6) is -2.43. The van der Waals surface area contributed by atoms with E-state index in [9.17, 15) is 40.6 Å². The lowest BCUT2D eigenvalue weighted by atomic mass is 9.99. The molecule has 0 saturated carbocycles. The predicted molar refractivity (Wildman–Crippen MR) is 138 cm³/mol. The Morgan fingerprint density at radius 3 is 2.19 bits per heavy atom. The molecule has 1 amide bonds. The molecule has 0 bridgehead atoms. The van der Waals surface area contributed by atoms with Crippen molar-refractivity contribution in [3.8, 4) is 5.75 Å². The van der Waals surface area contributed by atoms with E-state index in [0.717, 1.165) is 6.07 Å². The number of amides is 1. The molecule has 4 rings (SSSR count). The predicted octanol–water partition coefficient (Wildman–Crippen LogP) is 4.29. The van der Waals surface area contributed by atoms with Gasteiger partial charge in [-0.05, 0) is 42.3 Å². The quantitative estimate of drug-likeness (QED) is 0.452. The highest BCUT2D eigenvalue weighted by atomic mass is 19.4. The molecule has 1 N–H and O–H groups in total. The summed E-state index contributed by atoms with van der Waals surface area (Å²) in [7, 11) is 1.59. The number of hydrogen-bond acceptors (Lipinski definition) is 6. The summed E-state index contributed by atoms with van der Waals surface area (Å²) in [5, 5.41) is 9.83. The topological polar surface area (TPSA) is 65.5 Å². The van der Waals surface area contributed by atoms with Crippen LogP contribution < -0.4 is 0 Å². The number of hydrogen-bond donors (Lipinski definition) is 1. The average Bonchev–Trinajstić information content (AvgIpc) is 2.93. The van der Waals surface area contributed by atoms with E-state index in [-0.39, 0.29) is 31.7 Å². The number of morpholine rings is 1. The number of carbonyl (C=O) groups is 1. The molecule has 2 atom stereocenters. The Balaban J connectivity index is 1.56. The van der Waals surface area contributed by atoms with Gasteiger partial charge in [-0.1, -0.05) is 6.07 Å². The van der Waals surface area contributed by atoms with Gasteiger partial charge >= 0.3 is 12.4 Å². The van der Waals surface area contributed by atoms with Crippen LogP contribution in [0.15, 0.2) is 36.4 Å². The Kier molecular flexibility index (Phi) is 10.0. The number of halogens is 7. The number of rotatable bonds is 8. The molecule has 2 heterocycles. The molecule has 42 heavy (non-hydrogen) atoms. The average molecular weight is 608 g/mol. The molecule has 2 aromatic rings. The van der Waals surface area contributed by atoms with Crippen molar-refractivity contribution in [2.75, 3.05) is 66.1 Å². The summed E-state index contributed by atoms with van der Waals surface area (Å²) in [6.07, 6.45) is -10.2. The van der Waals surface area contributed by atoms with Crippen molar-refractivity contribution >= 4 is 5.91 Å². The van der Waals surface area contributed by atoms with E-state index < -0.39 is 52.6 Å². The minimum Gasteiger partial charge on any atom is -0.505 e. The fourth-order valence-electron chi connectivity index (χ4n) is 5.32. The lowest BCUT2D eigenvalue weighted by molar-refractivity contribution is -0.143. The zero-order valence-corrected chi connectivity index (χ0v) is 22.8. The Bertz CT molecular complexity index is 1210. The first kappa shape index (κ1) is 32.0. The lowest BCUT2D eigenvalue weighted by Gasteiger charge is -2.43. The normalized spacial score (nSPS) is 21.1. The number of nitrogens with zero attached hydrogens (tertiary/aromatic N) is 3. The minimum atomic E-state index is -5.10. The number of carbonyl (C=O) groups excluding carboxylic acids is 1. The van der Waals surface area contributed by atoms with E-state index in [4.69, 9.17) is 9.47 Å². The highest BCUT2D eigenvalue weighted by Crippen LogP contribution is 2.37. The molecule has 2 aromatic carbocycles. The highest BCUT2D eigenvalue weighted by Gasteiger charge is 2.39. The van der Waals surface area contributed by atoms with Crippen molar-refractivity contribution in [1.82, 2.24) is 14.7 Å². The van der Waals surface area contributed by atoms with Crippen molar-refractivity contribution in [1.29, 1.82) is 0 Å². The van der Waals surface area contributed by atoms with E-state index in [1.54, 1.807) is 7.11 Å². The van der Waals surface area contributed by atoms with Crippen LogP contribution in [0.3, 0.4) is 0 Å². The smallest absolute Gasteiger partial charge is 0.416 e. The molecular weight excluding hydrogens is 575 g/mol. The van der Waals surface area contributed by atoms with E-state index in [1.165, 1.54) is 17.0 Å². The largest absolute Gasteiger partial charge is 0.505 e. The maximum Gasteiger partial charge on any atom is 0.416 e. The van der Waals surface area contributed by atoms with Crippen LogP contribution in [0.1, 0.15) is 27.0 Å². The summed E-state index contributed by atoms with van der Waals surface area (Å²) < 4.78 is 105. The maximum absolute atomic E-state index is 13.7.